The van der Waals surface area contributed by atoms with Crippen molar-refractivity contribution in [3.05, 3.63) is 66.4 Å². The lowest BCUT2D eigenvalue weighted by molar-refractivity contribution is 0.0922. The van der Waals surface area contributed by atoms with E-state index in [1.807, 2.05) is 31.7 Å². The van der Waals surface area contributed by atoms with Crippen LogP contribution in [0.4, 0.5) is 0 Å². The van der Waals surface area contributed by atoms with Crippen LogP contribution in [0.3, 0.4) is 0 Å². The Morgan fingerprint density at radius 3 is 2.42 bits per heavy atom. The third kappa shape index (κ3) is 3.59. The van der Waals surface area contributed by atoms with Crippen molar-refractivity contribution in [2.45, 2.75) is 19.9 Å². The fourth-order valence-electron chi connectivity index (χ4n) is 2.83. The second-order valence-electron chi connectivity index (χ2n) is 6.54. The second-order valence-corrected chi connectivity index (χ2v) is 6.54. The average Bonchev–Trinajstić information content (AvgIpc) is 3.05. The second kappa shape index (κ2) is 7.39. The van der Waals surface area contributed by atoms with Crippen LogP contribution >= 0.6 is 0 Å². The molecule has 3 rings (SSSR count). The molecule has 1 aromatic carbocycles. The van der Waals surface area contributed by atoms with Gasteiger partial charge in [-0.25, -0.2) is 4.98 Å². The average molecular weight is 350 g/mol. The lowest BCUT2D eigenvalue weighted by Gasteiger charge is -2.22. The van der Waals surface area contributed by atoms with E-state index in [0.29, 0.717) is 11.3 Å². The van der Waals surface area contributed by atoms with Crippen LogP contribution in [0.1, 0.15) is 36.1 Å². The third-order valence-corrected chi connectivity index (χ3v) is 4.30. The summed E-state index contributed by atoms with van der Waals surface area (Å²) in [7, 11) is 1.91. The number of pyridine rings is 1. The maximum atomic E-state index is 12.7. The highest BCUT2D eigenvalue weighted by atomic mass is 16.3. The van der Waals surface area contributed by atoms with E-state index in [2.05, 4.69) is 15.3 Å². The highest BCUT2D eigenvalue weighted by Crippen LogP contribution is 2.26. The number of rotatable bonds is 5. The van der Waals surface area contributed by atoms with E-state index in [9.17, 15) is 9.90 Å². The van der Waals surface area contributed by atoms with Crippen molar-refractivity contribution in [3.63, 3.8) is 0 Å². The zero-order valence-electron chi connectivity index (χ0n) is 15.0. The number of hydrogen-bond acceptors (Lipinski definition) is 4. The fourth-order valence-corrected chi connectivity index (χ4v) is 2.83. The Morgan fingerprint density at radius 1 is 1.12 bits per heavy atom. The third-order valence-electron chi connectivity index (χ3n) is 4.30. The number of imidazole rings is 1. The van der Waals surface area contributed by atoms with Gasteiger partial charge in [-0.3, -0.25) is 9.78 Å². The summed E-state index contributed by atoms with van der Waals surface area (Å²) in [4.78, 5) is 21.2. The van der Waals surface area contributed by atoms with Gasteiger partial charge in [0, 0.05) is 36.8 Å². The van der Waals surface area contributed by atoms with Crippen LogP contribution in [0, 0.1) is 5.92 Å². The number of aryl methyl sites for hydroxylation is 1. The van der Waals surface area contributed by atoms with E-state index in [0.717, 1.165) is 11.4 Å². The first-order chi connectivity index (χ1) is 12.5. The maximum absolute atomic E-state index is 12.7. The molecule has 0 saturated carbocycles. The van der Waals surface area contributed by atoms with E-state index < -0.39 is 0 Å². The van der Waals surface area contributed by atoms with Gasteiger partial charge in [-0.1, -0.05) is 26.0 Å². The predicted octanol–water partition coefficient (Wildman–Crippen LogP) is 3.31. The molecular weight excluding hydrogens is 328 g/mol. The van der Waals surface area contributed by atoms with Crippen molar-refractivity contribution >= 4 is 5.91 Å². The first-order valence-electron chi connectivity index (χ1n) is 8.50. The first kappa shape index (κ1) is 17.7. The minimum Gasteiger partial charge on any atom is -0.506 e. The van der Waals surface area contributed by atoms with Gasteiger partial charge >= 0.3 is 0 Å². The number of amides is 1. The molecule has 2 aromatic heterocycles. The monoisotopic (exact) mass is 350 g/mol. The van der Waals surface area contributed by atoms with Crippen molar-refractivity contribution in [1.82, 2.24) is 19.9 Å². The van der Waals surface area contributed by atoms with E-state index in [1.54, 1.807) is 48.8 Å². The summed E-state index contributed by atoms with van der Waals surface area (Å²) >= 11 is 0. The highest BCUT2D eigenvalue weighted by Gasteiger charge is 2.22. The lowest BCUT2D eigenvalue weighted by atomic mass is 10.0. The number of nitrogens with one attached hydrogen (secondary N) is 1. The van der Waals surface area contributed by atoms with E-state index in [4.69, 9.17) is 0 Å². The molecule has 0 fully saturated rings. The lowest BCUT2D eigenvalue weighted by Crippen LogP contribution is -2.33. The zero-order chi connectivity index (χ0) is 18.7. The van der Waals surface area contributed by atoms with Gasteiger partial charge < -0.3 is 15.0 Å². The van der Waals surface area contributed by atoms with Crippen LogP contribution in [0.2, 0.25) is 0 Å². The summed E-state index contributed by atoms with van der Waals surface area (Å²) in [5.41, 5.74) is 1.79. The molecule has 0 aliphatic heterocycles. The molecule has 0 saturated heterocycles. The molecular formula is C20H22N4O2. The van der Waals surface area contributed by atoms with Gasteiger partial charge in [0.05, 0.1) is 6.04 Å². The summed E-state index contributed by atoms with van der Waals surface area (Å²) in [6, 6.07) is 10.1. The molecule has 3 aromatic rings. The van der Waals surface area contributed by atoms with E-state index >= 15 is 0 Å². The first-order valence-corrected chi connectivity index (χ1v) is 8.50. The molecule has 6 heteroatoms. The molecule has 0 spiro atoms. The van der Waals surface area contributed by atoms with Crippen LogP contribution in [0.15, 0.2) is 55.0 Å². The molecule has 0 unspecified atom stereocenters. The van der Waals surface area contributed by atoms with Crippen LogP contribution in [0.25, 0.3) is 11.3 Å². The minimum atomic E-state index is -0.179. The quantitative estimate of drug-likeness (QED) is 0.740. The van der Waals surface area contributed by atoms with Crippen LogP contribution in [0.5, 0.6) is 5.75 Å². The Kier molecular flexibility index (Phi) is 5.02. The van der Waals surface area contributed by atoms with Gasteiger partial charge in [0.2, 0.25) is 0 Å². The number of carbonyl (C=O) groups is 1. The van der Waals surface area contributed by atoms with Gasteiger partial charge in [-0.05, 0) is 30.2 Å². The van der Waals surface area contributed by atoms with Gasteiger partial charge in [-0.2, -0.15) is 0 Å². The number of benzene rings is 1. The van der Waals surface area contributed by atoms with Gasteiger partial charge in [0.15, 0.2) is 0 Å². The fraction of sp³-hybridized carbons (Fsp3) is 0.250. The van der Waals surface area contributed by atoms with Gasteiger partial charge in [0.1, 0.15) is 17.3 Å². The number of hydrogen-bond donors (Lipinski definition) is 2. The normalized spacial score (nSPS) is 12.2. The number of aromatic nitrogens is 3. The molecule has 1 amide bonds. The molecule has 0 aliphatic carbocycles. The Morgan fingerprint density at radius 2 is 1.85 bits per heavy atom. The Balaban J connectivity index is 1.80. The predicted molar refractivity (Wildman–Crippen MR) is 99.6 cm³/mol. The summed E-state index contributed by atoms with van der Waals surface area (Å²) in [5, 5.41) is 13.0. The maximum Gasteiger partial charge on any atom is 0.251 e. The standard InChI is InChI=1S/C20H22N4O2/c1-13(2)17(19-22-11-12-24(19)3)23-20(26)15-8-6-14(7-9-15)18-16(25)5-4-10-21-18/h4-13,17,25H,1-3H3,(H,23,26)/t17-/m1/s1. The van der Waals surface area contributed by atoms with Crippen LogP contribution in [-0.2, 0) is 7.05 Å². The SMILES string of the molecule is CC(C)[C@@H](NC(=O)c1ccc(-c2ncccc2O)cc1)c1nccn1C. The van der Waals surface area contributed by atoms with E-state index in [1.165, 1.54) is 0 Å². The smallest absolute Gasteiger partial charge is 0.251 e. The van der Waals surface area contributed by atoms with Gasteiger partial charge in [-0.15, -0.1) is 0 Å². The summed E-state index contributed by atoms with van der Waals surface area (Å²) in [5.74, 6) is 0.969. The topological polar surface area (TPSA) is 80.0 Å². The molecule has 6 nitrogen and oxygen atoms in total. The Hall–Kier alpha value is -3.15. The van der Waals surface area contributed by atoms with Crippen LogP contribution in [-0.4, -0.2) is 25.5 Å². The molecule has 26 heavy (non-hydrogen) atoms. The Bertz CT molecular complexity index is 900. The summed E-state index contributed by atoms with van der Waals surface area (Å²) in [6.07, 6.45) is 5.21. The van der Waals surface area contributed by atoms with Crippen molar-refractivity contribution in [1.29, 1.82) is 0 Å². The molecule has 1 atom stereocenters. The largest absolute Gasteiger partial charge is 0.506 e. The van der Waals surface area contributed by atoms with Crippen molar-refractivity contribution in [2.24, 2.45) is 13.0 Å². The highest BCUT2D eigenvalue weighted by molar-refractivity contribution is 5.95. The molecule has 0 bridgehead atoms. The van der Waals surface area contributed by atoms with Gasteiger partial charge in [0.25, 0.3) is 5.91 Å². The summed E-state index contributed by atoms with van der Waals surface area (Å²) in [6.45, 7) is 4.10. The molecule has 2 N–H and O–H groups in total. The number of carbonyl (C=O) groups excluding carboxylic acids is 1. The minimum absolute atomic E-state index is 0.111. The zero-order valence-corrected chi connectivity index (χ0v) is 15.0. The van der Waals surface area contributed by atoms with Crippen molar-refractivity contribution in [2.75, 3.05) is 0 Å². The number of nitrogens with zero attached hydrogens (tertiary/aromatic N) is 3. The van der Waals surface area contributed by atoms with Crippen molar-refractivity contribution in [3.8, 4) is 17.0 Å². The summed E-state index contributed by atoms with van der Waals surface area (Å²) < 4.78 is 1.91. The Labute approximate surface area is 152 Å². The van der Waals surface area contributed by atoms with Crippen molar-refractivity contribution < 1.29 is 9.90 Å². The molecule has 0 aliphatic rings. The molecule has 0 radical (unpaired) electrons. The molecule has 134 valence electrons. The van der Waals surface area contributed by atoms with Crippen LogP contribution < -0.4 is 5.32 Å². The van der Waals surface area contributed by atoms with E-state index in [-0.39, 0.29) is 23.6 Å². The molecule has 2 heterocycles. The number of aromatic hydroxyl groups is 1.